The summed E-state index contributed by atoms with van der Waals surface area (Å²) in [5.41, 5.74) is 13.3. The van der Waals surface area contributed by atoms with E-state index >= 15 is 0 Å². The van der Waals surface area contributed by atoms with Crippen molar-refractivity contribution in [2.24, 2.45) is 5.92 Å². The van der Waals surface area contributed by atoms with Crippen LogP contribution in [0.15, 0.2) is 114 Å². The highest BCUT2D eigenvalue weighted by Gasteiger charge is 2.24. The van der Waals surface area contributed by atoms with Gasteiger partial charge in [0.05, 0.1) is 0 Å². The minimum atomic E-state index is 0.513. The summed E-state index contributed by atoms with van der Waals surface area (Å²) < 4.78 is 0. The third kappa shape index (κ3) is 4.42. The second-order valence-corrected chi connectivity index (χ2v) is 14.3. The molecule has 1 atom stereocenters. The predicted molar refractivity (Wildman–Crippen MR) is 205 cm³/mol. The van der Waals surface area contributed by atoms with Gasteiger partial charge in [-0.1, -0.05) is 127 Å². The molecule has 0 nitrogen and oxygen atoms in total. The number of benzene rings is 4. The predicted octanol–water partition coefficient (Wildman–Crippen LogP) is 7.40. The summed E-state index contributed by atoms with van der Waals surface area (Å²) >= 11 is 0. The fraction of sp³-hybridized carbons (Fsp3) is 0.208. The molecule has 0 bridgehead atoms. The van der Waals surface area contributed by atoms with E-state index in [1.54, 1.807) is 5.57 Å². The molecule has 4 aromatic carbocycles. The van der Waals surface area contributed by atoms with Crippen molar-refractivity contribution in [2.45, 2.75) is 57.8 Å². The number of rotatable bonds is 3. The Bertz CT molecular complexity index is 2630. The summed E-state index contributed by atoms with van der Waals surface area (Å²) in [5.74, 6) is 0.513. The smallest absolute Gasteiger partial charge is 0.00652 e. The van der Waals surface area contributed by atoms with Gasteiger partial charge in [-0.05, 0) is 150 Å². The maximum absolute atomic E-state index is 2.56. The monoisotopic (exact) mass is 616 g/mol. The molecule has 1 unspecified atom stereocenters. The molecule has 0 amide bonds. The lowest BCUT2D eigenvalue weighted by molar-refractivity contribution is 0.825. The lowest BCUT2D eigenvalue weighted by Crippen LogP contribution is -2.37. The minimum absolute atomic E-state index is 0.513. The van der Waals surface area contributed by atoms with E-state index in [0.717, 1.165) is 44.9 Å². The van der Waals surface area contributed by atoms with Crippen LogP contribution in [0.25, 0.3) is 57.4 Å². The number of hydrogen-bond acceptors (Lipinski definition) is 0. The summed E-state index contributed by atoms with van der Waals surface area (Å²) in [6, 6.07) is 25.3. The zero-order chi connectivity index (χ0) is 31.6. The van der Waals surface area contributed by atoms with Gasteiger partial charge < -0.3 is 0 Å². The van der Waals surface area contributed by atoms with Crippen LogP contribution < -0.4 is 31.3 Å². The third-order valence-electron chi connectivity index (χ3n) is 11.7. The van der Waals surface area contributed by atoms with Gasteiger partial charge in [0, 0.05) is 5.92 Å². The van der Waals surface area contributed by atoms with E-state index in [1.165, 1.54) is 99.5 Å². The first-order valence-electron chi connectivity index (χ1n) is 18.2. The fourth-order valence-corrected chi connectivity index (χ4v) is 9.48. The van der Waals surface area contributed by atoms with Crippen molar-refractivity contribution in [2.75, 3.05) is 0 Å². The molecule has 232 valence electrons. The molecule has 0 saturated carbocycles. The first kappa shape index (κ1) is 28.1. The van der Waals surface area contributed by atoms with Crippen LogP contribution in [0.4, 0.5) is 0 Å². The zero-order valence-electron chi connectivity index (χ0n) is 27.6. The minimum Gasteiger partial charge on any atom is -0.0836 e. The highest BCUT2D eigenvalue weighted by atomic mass is 14.3. The van der Waals surface area contributed by atoms with Gasteiger partial charge in [0.1, 0.15) is 0 Å². The van der Waals surface area contributed by atoms with Crippen LogP contribution in [0.3, 0.4) is 0 Å². The molecule has 4 aromatic rings. The van der Waals surface area contributed by atoms with Crippen molar-refractivity contribution in [1.82, 2.24) is 0 Å². The van der Waals surface area contributed by atoms with E-state index in [-0.39, 0.29) is 0 Å². The van der Waals surface area contributed by atoms with Crippen LogP contribution >= 0.6 is 0 Å². The molecule has 0 heteroatoms. The van der Waals surface area contributed by atoms with Gasteiger partial charge >= 0.3 is 0 Å². The van der Waals surface area contributed by atoms with Crippen LogP contribution in [0.2, 0.25) is 0 Å². The van der Waals surface area contributed by atoms with Gasteiger partial charge in [-0.25, -0.2) is 0 Å². The van der Waals surface area contributed by atoms with Crippen molar-refractivity contribution >= 4 is 57.4 Å². The van der Waals surface area contributed by atoms with E-state index in [0.29, 0.717) is 5.92 Å². The number of fused-ring (bicyclic) bond motifs is 6. The second kappa shape index (κ2) is 11.3. The summed E-state index contributed by atoms with van der Waals surface area (Å²) in [6.45, 7) is 0. The molecule has 0 saturated heterocycles. The number of allylic oxidation sites excluding steroid dienone is 10. The zero-order valence-corrected chi connectivity index (χ0v) is 27.6. The Morgan fingerprint density at radius 2 is 1.31 bits per heavy atom. The SMILES string of the molecule is C1=CC2=CC3=c4cccc(C5=CC=C(c6c7c(c(C8=c9ccccc9=CCC8)c8ccccc68)=CCCC=7)CC5)c4=CCC3C=C2CC1. The Kier molecular flexibility index (Phi) is 6.64. The average molecular weight is 617 g/mol. The molecule has 0 radical (unpaired) electrons. The van der Waals surface area contributed by atoms with Gasteiger partial charge in [0.25, 0.3) is 0 Å². The van der Waals surface area contributed by atoms with E-state index in [9.17, 15) is 0 Å². The van der Waals surface area contributed by atoms with Gasteiger partial charge in [-0.15, -0.1) is 0 Å². The van der Waals surface area contributed by atoms with Gasteiger partial charge in [-0.2, -0.15) is 0 Å². The fourth-order valence-electron chi connectivity index (χ4n) is 9.48. The quantitative estimate of drug-likeness (QED) is 0.225. The maximum atomic E-state index is 2.56. The second-order valence-electron chi connectivity index (χ2n) is 14.3. The molecule has 6 aliphatic carbocycles. The van der Waals surface area contributed by atoms with E-state index < -0.39 is 0 Å². The third-order valence-corrected chi connectivity index (χ3v) is 11.7. The highest BCUT2D eigenvalue weighted by molar-refractivity contribution is 6.02. The molecule has 0 heterocycles. The van der Waals surface area contributed by atoms with Crippen LogP contribution in [0.1, 0.15) is 74.5 Å². The summed E-state index contributed by atoms with van der Waals surface area (Å²) in [6.07, 6.45) is 34.7. The van der Waals surface area contributed by atoms with Crippen LogP contribution in [-0.2, 0) is 0 Å². The topological polar surface area (TPSA) is 0 Å². The summed E-state index contributed by atoms with van der Waals surface area (Å²) in [4.78, 5) is 0. The lowest BCUT2D eigenvalue weighted by atomic mass is 9.77. The Hall–Kier alpha value is -4.94. The van der Waals surface area contributed by atoms with Crippen molar-refractivity contribution < 1.29 is 0 Å². The molecule has 0 fully saturated rings. The summed E-state index contributed by atoms with van der Waals surface area (Å²) in [5, 5.41) is 11.4. The van der Waals surface area contributed by atoms with Gasteiger partial charge in [-0.3, -0.25) is 0 Å². The van der Waals surface area contributed by atoms with Crippen molar-refractivity contribution in [3.05, 3.63) is 162 Å². The molecule has 48 heavy (non-hydrogen) atoms. The standard InChI is InChI=1S/C48H40/c1-2-13-35-30-46-36(29-34(35)12-1)27-28-40-37(20-10-21-39(40)46)32-23-25-33(26-24-32)47-42-16-5-7-18-44(42)48(45-19-8-6-17-43(45)47)41-22-9-14-31-11-3-4-15-38(31)41/h2-5,7,10-11,13-21,23,25,28-30,36H,1,6,8-9,12,22,24,26-27H2. The Balaban J connectivity index is 1.14. The van der Waals surface area contributed by atoms with Crippen LogP contribution in [0, 0.1) is 5.92 Å². The Morgan fingerprint density at radius 3 is 2.19 bits per heavy atom. The Labute approximate surface area is 282 Å². The van der Waals surface area contributed by atoms with Crippen LogP contribution in [0.5, 0.6) is 0 Å². The lowest BCUT2D eigenvalue weighted by Gasteiger charge is -2.27. The largest absolute Gasteiger partial charge is 0.0836 e. The van der Waals surface area contributed by atoms with E-state index in [4.69, 9.17) is 0 Å². The normalized spacial score (nSPS) is 20.5. The van der Waals surface area contributed by atoms with Crippen molar-refractivity contribution in [1.29, 1.82) is 0 Å². The summed E-state index contributed by atoms with van der Waals surface area (Å²) in [7, 11) is 0. The molecular weight excluding hydrogens is 577 g/mol. The van der Waals surface area contributed by atoms with E-state index in [1.807, 2.05) is 0 Å². The first-order chi connectivity index (χ1) is 23.8. The van der Waals surface area contributed by atoms with Crippen molar-refractivity contribution in [3.8, 4) is 0 Å². The highest BCUT2D eigenvalue weighted by Crippen LogP contribution is 2.37. The van der Waals surface area contributed by atoms with Crippen molar-refractivity contribution in [3.63, 3.8) is 0 Å². The molecule has 10 rings (SSSR count). The van der Waals surface area contributed by atoms with Crippen LogP contribution in [-0.4, -0.2) is 0 Å². The molecule has 6 aliphatic rings. The Morgan fingerprint density at radius 1 is 0.542 bits per heavy atom. The molecular formula is C48H40. The van der Waals surface area contributed by atoms with Gasteiger partial charge in [0.15, 0.2) is 0 Å². The average Bonchev–Trinajstić information content (AvgIpc) is 3.16. The molecule has 0 aromatic heterocycles. The first-order valence-corrected chi connectivity index (χ1v) is 18.2. The molecule has 0 aliphatic heterocycles. The van der Waals surface area contributed by atoms with Gasteiger partial charge in [0.2, 0.25) is 0 Å². The molecule has 0 spiro atoms. The molecule has 0 N–H and O–H groups in total. The number of hydrogen-bond donors (Lipinski definition) is 0. The van der Waals surface area contributed by atoms with E-state index in [2.05, 4.69) is 127 Å². The maximum Gasteiger partial charge on any atom is 0.00652 e.